The van der Waals surface area contributed by atoms with Crippen LogP contribution in [0.1, 0.15) is 44.0 Å². The highest BCUT2D eigenvalue weighted by Crippen LogP contribution is 2.35. The molecule has 2 heterocycles. The lowest BCUT2D eigenvalue weighted by molar-refractivity contribution is -0.0861. The van der Waals surface area contributed by atoms with Gasteiger partial charge < -0.3 is 9.47 Å². The lowest BCUT2D eigenvalue weighted by Crippen LogP contribution is -2.60. The molecule has 2 aliphatic heterocycles. The Hall–Kier alpha value is -2.66. The fraction of sp³-hybridized carbons (Fsp3) is 0.440. The molecule has 2 unspecified atom stereocenters. The Morgan fingerprint density at radius 3 is 2.03 bits per heavy atom. The number of amides is 1. The Morgan fingerprint density at radius 1 is 0.900 bits per heavy atom. The van der Waals surface area contributed by atoms with Crippen molar-refractivity contribution >= 4 is 11.9 Å². The van der Waals surface area contributed by atoms with Gasteiger partial charge in [0.1, 0.15) is 5.60 Å². The molecule has 158 valence electrons. The first kappa shape index (κ1) is 20.6. The molecule has 2 aromatic carbocycles. The molecule has 0 radical (unpaired) electrons. The van der Waals surface area contributed by atoms with Gasteiger partial charge in [0.05, 0.1) is 25.3 Å². The number of morpholine rings is 1. The van der Waals surface area contributed by atoms with Crippen LogP contribution in [0.4, 0.5) is 4.79 Å². The topological polar surface area (TPSA) is 55.8 Å². The zero-order chi connectivity index (χ0) is 21.3. The summed E-state index contributed by atoms with van der Waals surface area (Å²) in [6, 6.07) is 17.7. The lowest BCUT2D eigenvalue weighted by atomic mass is 9.80. The minimum atomic E-state index is -0.542. The number of hydrogen-bond acceptors (Lipinski definition) is 4. The number of nitrogens with zero attached hydrogens (tertiary/aromatic N) is 1. The van der Waals surface area contributed by atoms with Crippen LogP contribution in [0.2, 0.25) is 0 Å². The Morgan fingerprint density at radius 2 is 1.47 bits per heavy atom. The summed E-state index contributed by atoms with van der Waals surface area (Å²) < 4.78 is 11.3. The van der Waals surface area contributed by atoms with Crippen LogP contribution in [0.5, 0.6) is 0 Å². The van der Waals surface area contributed by atoms with Gasteiger partial charge in [-0.25, -0.2) is 4.79 Å². The first-order valence-corrected chi connectivity index (χ1v) is 10.6. The van der Waals surface area contributed by atoms with E-state index in [0.29, 0.717) is 26.1 Å². The summed E-state index contributed by atoms with van der Waals surface area (Å²) in [6.45, 7) is 6.50. The monoisotopic (exact) mass is 407 g/mol. The van der Waals surface area contributed by atoms with Gasteiger partial charge in [-0.1, -0.05) is 54.6 Å². The maximum atomic E-state index is 13.2. The van der Waals surface area contributed by atoms with Crippen molar-refractivity contribution < 1.29 is 19.1 Å². The molecular weight excluding hydrogens is 378 g/mol. The third-order valence-electron chi connectivity index (χ3n) is 5.77. The molecular formula is C25H29NO4. The van der Waals surface area contributed by atoms with Gasteiger partial charge in [-0.15, -0.1) is 0 Å². The van der Waals surface area contributed by atoms with Crippen LogP contribution in [-0.4, -0.2) is 47.7 Å². The summed E-state index contributed by atoms with van der Waals surface area (Å²) in [5.41, 5.74) is 2.41. The first-order chi connectivity index (χ1) is 14.3. The third-order valence-corrected chi connectivity index (χ3v) is 5.77. The zero-order valence-electron chi connectivity index (χ0n) is 17.8. The van der Waals surface area contributed by atoms with E-state index in [1.165, 1.54) is 0 Å². The Kier molecular flexibility index (Phi) is 5.65. The molecule has 0 aliphatic carbocycles. The average Bonchev–Trinajstić information content (AvgIpc) is 2.72. The molecule has 2 bridgehead atoms. The number of ether oxygens (including phenoxy) is 2. The third kappa shape index (κ3) is 4.41. The number of fused-ring (bicyclic) bond motifs is 2. The van der Waals surface area contributed by atoms with Crippen molar-refractivity contribution in [1.29, 1.82) is 0 Å². The van der Waals surface area contributed by atoms with E-state index in [4.69, 9.17) is 9.47 Å². The van der Waals surface area contributed by atoms with E-state index in [1.807, 2.05) is 63.2 Å². The quantitative estimate of drug-likeness (QED) is 0.676. The SMILES string of the molecule is CC(C)(C)OC(=O)N1C2COCC1CC(C(=O)c1ccc(-c3ccccc3)cc1)C2. The van der Waals surface area contributed by atoms with Crippen molar-refractivity contribution in [2.45, 2.75) is 51.3 Å². The summed E-state index contributed by atoms with van der Waals surface area (Å²) in [5.74, 6) is 0.0421. The van der Waals surface area contributed by atoms with Crippen LogP contribution >= 0.6 is 0 Å². The van der Waals surface area contributed by atoms with Gasteiger partial charge in [-0.05, 0) is 44.7 Å². The van der Waals surface area contributed by atoms with Crippen molar-refractivity contribution in [3.05, 3.63) is 60.2 Å². The van der Waals surface area contributed by atoms with Gasteiger partial charge >= 0.3 is 6.09 Å². The van der Waals surface area contributed by atoms with E-state index in [0.717, 1.165) is 16.7 Å². The van der Waals surface area contributed by atoms with Crippen molar-refractivity contribution in [3.8, 4) is 11.1 Å². The number of rotatable bonds is 3. The minimum absolute atomic E-state index is 0.106. The molecule has 2 saturated heterocycles. The van der Waals surface area contributed by atoms with E-state index in [1.54, 1.807) is 4.90 Å². The van der Waals surface area contributed by atoms with Crippen molar-refractivity contribution in [3.63, 3.8) is 0 Å². The number of piperidine rings is 1. The average molecular weight is 408 g/mol. The maximum absolute atomic E-state index is 13.2. The van der Waals surface area contributed by atoms with Crippen molar-refractivity contribution in [2.75, 3.05) is 13.2 Å². The number of hydrogen-bond donors (Lipinski definition) is 0. The molecule has 2 aromatic rings. The van der Waals surface area contributed by atoms with Gasteiger partial charge in [0, 0.05) is 11.5 Å². The molecule has 0 spiro atoms. The predicted octanol–water partition coefficient (Wildman–Crippen LogP) is 4.95. The highest BCUT2D eigenvalue weighted by molar-refractivity contribution is 5.98. The molecule has 0 N–H and O–H groups in total. The summed E-state index contributed by atoms with van der Waals surface area (Å²) in [6.07, 6.45) is 0.906. The van der Waals surface area contributed by atoms with Crippen LogP contribution in [0.25, 0.3) is 11.1 Å². The number of benzene rings is 2. The zero-order valence-corrected chi connectivity index (χ0v) is 17.8. The van der Waals surface area contributed by atoms with Gasteiger partial charge in [-0.3, -0.25) is 9.69 Å². The van der Waals surface area contributed by atoms with E-state index < -0.39 is 5.60 Å². The Labute approximate surface area is 178 Å². The molecule has 2 atom stereocenters. The van der Waals surface area contributed by atoms with Crippen LogP contribution in [0, 0.1) is 5.92 Å². The summed E-state index contributed by atoms with van der Waals surface area (Å²) in [5, 5.41) is 0. The Balaban J connectivity index is 1.47. The van der Waals surface area contributed by atoms with E-state index in [9.17, 15) is 9.59 Å². The second-order valence-corrected chi connectivity index (χ2v) is 9.21. The molecule has 2 aliphatic rings. The minimum Gasteiger partial charge on any atom is -0.444 e. The second-order valence-electron chi connectivity index (χ2n) is 9.21. The molecule has 5 nitrogen and oxygen atoms in total. The highest BCUT2D eigenvalue weighted by Gasteiger charge is 2.45. The standard InChI is InChI=1S/C25H29NO4/c1-25(2,3)30-24(28)26-21-13-20(14-22(26)16-29-15-21)23(27)19-11-9-18(10-12-19)17-7-5-4-6-8-17/h4-12,20-22H,13-16H2,1-3H3. The van der Waals surface area contributed by atoms with Crippen molar-refractivity contribution in [1.82, 2.24) is 4.90 Å². The predicted molar refractivity (Wildman–Crippen MR) is 115 cm³/mol. The molecule has 30 heavy (non-hydrogen) atoms. The Bertz CT molecular complexity index is 887. The van der Waals surface area contributed by atoms with Gasteiger partial charge in [0.2, 0.25) is 0 Å². The molecule has 4 rings (SSSR count). The molecule has 5 heteroatoms. The smallest absolute Gasteiger partial charge is 0.410 e. The van der Waals surface area contributed by atoms with Crippen molar-refractivity contribution in [2.24, 2.45) is 5.92 Å². The number of Topliss-reactive ketones (excluding diaryl/α,β-unsaturated/α-hetero) is 1. The van der Waals surface area contributed by atoms with Gasteiger partial charge in [0.25, 0.3) is 0 Å². The van der Waals surface area contributed by atoms with Gasteiger partial charge in [0.15, 0.2) is 5.78 Å². The lowest BCUT2D eigenvalue weighted by Gasteiger charge is -2.47. The van der Waals surface area contributed by atoms with Crippen LogP contribution < -0.4 is 0 Å². The van der Waals surface area contributed by atoms with Crippen LogP contribution in [0.15, 0.2) is 54.6 Å². The fourth-order valence-electron chi connectivity index (χ4n) is 4.44. The number of ketones is 1. The fourth-order valence-corrected chi connectivity index (χ4v) is 4.44. The molecule has 1 amide bonds. The summed E-state index contributed by atoms with van der Waals surface area (Å²) in [4.78, 5) is 27.7. The van der Waals surface area contributed by atoms with Crippen LogP contribution in [-0.2, 0) is 9.47 Å². The molecule has 0 saturated carbocycles. The highest BCUT2D eigenvalue weighted by atomic mass is 16.6. The second kappa shape index (κ2) is 8.23. The summed E-state index contributed by atoms with van der Waals surface area (Å²) in [7, 11) is 0. The van der Waals surface area contributed by atoms with E-state index in [-0.39, 0.29) is 29.9 Å². The largest absolute Gasteiger partial charge is 0.444 e. The van der Waals surface area contributed by atoms with Gasteiger partial charge in [-0.2, -0.15) is 0 Å². The van der Waals surface area contributed by atoms with E-state index in [2.05, 4.69) is 12.1 Å². The maximum Gasteiger partial charge on any atom is 0.410 e. The molecule has 2 fully saturated rings. The first-order valence-electron chi connectivity index (χ1n) is 10.6. The number of carbonyl (C=O) groups excluding carboxylic acids is 2. The number of carbonyl (C=O) groups is 2. The summed E-state index contributed by atoms with van der Waals surface area (Å²) >= 11 is 0. The van der Waals surface area contributed by atoms with Crippen LogP contribution in [0.3, 0.4) is 0 Å². The normalized spacial score (nSPS) is 23.7. The molecule has 0 aromatic heterocycles. The van der Waals surface area contributed by atoms with E-state index >= 15 is 0 Å².